The molecule has 0 bridgehead atoms. The summed E-state index contributed by atoms with van der Waals surface area (Å²) in [5.41, 5.74) is 2.87. The maximum atomic E-state index is 11.1. The van der Waals surface area contributed by atoms with Crippen LogP contribution in [0.3, 0.4) is 0 Å². The van der Waals surface area contributed by atoms with Crippen molar-refractivity contribution in [2.45, 2.75) is 59.4 Å². The Kier molecular flexibility index (Phi) is 5.23. The van der Waals surface area contributed by atoms with Gasteiger partial charge in [0.05, 0.1) is 11.3 Å². The van der Waals surface area contributed by atoms with Crippen molar-refractivity contribution in [3.63, 3.8) is 0 Å². The molecule has 1 aromatic heterocycles. The monoisotopic (exact) mass is 222 g/mol. The van der Waals surface area contributed by atoms with E-state index in [0.717, 1.165) is 49.0 Å². The molecule has 0 atom stereocenters. The lowest BCUT2D eigenvalue weighted by Gasteiger charge is -2.05. The van der Waals surface area contributed by atoms with Gasteiger partial charge in [-0.15, -0.1) is 0 Å². The molecule has 3 heteroatoms. The van der Waals surface area contributed by atoms with Crippen molar-refractivity contribution < 1.29 is 4.79 Å². The van der Waals surface area contributed by atoms with Gasteiger partial charge in [-0.3, -0.25) is 9.48 Å². The van der Waals surface area contributed by atoms with Crippen LogP contribution in [0, 0.1) is 0 Å². The van der Waals surface area contributed by atoms with Crippen molar-refractivity contribution >= 4 is 6.29 Å². The number of rotatable bonds is 7. The summed E-state index contributed by atoms with van der Waals surface area (Å²) in [5, 5.41) is 4.53. The Labute approximate surface area is 97.8 Å². The van der Waals surface area contributed by atoms with Crippen LogP contribution in [-0.2, 0) is 19.4 Å². The van der Waals surface area contributed by atoms with Gasteiger partial charge in [0.1, 0.15) is 0 Å². The van der Waals surface area contributed by atoms with Crippen molar-refractivity contribution in [3.05, 3.63) is 17.0 Å². The molecule has 3 nitrogen and oxygen atoms in total. The molecule has 0 fully saturated rings. The lowest BCUT2D eigenvalue weighted by atomic mass is 10.1. The van der Waals surface area contributed by atoms with Crippen LogP contribution >= 0.6 is 0 Å². The minimum atomic E-state index is 0.821. The first-order chi connectivity index (χ1) is 7.78. The second-order valence-electron chi connectivity index (χ2n) is 4.06. The molecule has 16 heavy (non-hydrogen) atoms. The second kappa shape index (κ2) is 6.46. The van der Waals surface area contributed by atoms with Crippen molar-refractivity contribution in [2.24, 2.45) is 0 Å². The molecule has 0 saturated heterocycles. The minimum absolute atomic E-state index is 0.821. The summed E-state index contributed by atoms with van der Waals surface area (Å²) in [6.07, 6.45) is 6.26. The van der Waals surface area contributed by atoms with E-state index in [4.69, 9.17) is 0 Å². The highest BCUT2D eigenvalue weighted by Gasteiger charge is 2.13. The highest BCUT2D eigenvalue weighted by molar-refractivity contribution is 5.78. The van der Waals surface area contributed by atoms with Gasteiger partial charge in [-0.2, -0.15) is 5.10 Å². The van der Waals surface area contributed by atoms with Crippen LogP contribution in [0.25, 0.3) is 0 Å². The highest BCUT2D eigenvalue weighted by Crippen LogP contribution is 2.15. The van der Waals surface area contributed by atoms with E-state index in [2.05, 4.69) is 18.9 Å². The summed E-state index contributed by atoms with van der Waals surface area (Å²) in [7, 11) is 0. The number of carbonyl (C=O) groups excluding carboxylic acids is 1. The quantitative estimate of drug-likeness (QED) is 0.525. The summed E-state index contributed by atoms with van der Waals surface area (Å²) in [6.45, 7) is 7.26. The number of hydrogen-bond acceptors (Lipinski definition) is 2. The molecule has 1 heterocycles. The standard InChI is InChI=1S/C13H22N2O/c1-4-7-8-9-15-13(6-3)11(10-16)12(5-2)14-15/h10H,4-9H2,1-3H3. The number of aryl methyl sites for hydroxylation is 2. The molecule has 0 aliphatic heterocycles. The number of carbonyl (C=O) groups is 1. The van der Waals surface area contributed by atoms with Gasteiger partial charge < -0.3 is 0 Å². The molecule has 0 unspecified atom stereocenters. The van der Waals surface area contributed by atoms with Crippen molar-refractivity contribution in [1.82, 2.24) is 9.78 Å². The van der Waals surface area contributed by atoms with E-state index in [1.165, 1.54) is 12.8 Å². The number of nitrogens with zero attached hydrogens (tertiary/aromatic N) is 2. The summed E-state index contributed by atoms with van der Waals surface area (Å²) in [5.74, 6) is 0. The molecular formula is C13H22N2O. The molecule has 1 rings (SSSR count). The minimum Gasteiger partial charge on any atom is -0.298 e. The molecule has 0 aromatic carbocycles. The maximum Gasteiger partial charge on any atom is 0.153 e. The van der Waals surface area contributed by atoms with Crippen LogP contribution in [-0.4, -0.2) is 16.1 Å². The summed E-state index contributed by atoms with van der Waals surface area (Å²) in [6, 6.07) is 0. The number of aromatic nitrogens is 2. The molecular weight excluding hydrogens is 200 g/mol. The Balaban J connectivity index is 2.90. The van der Waals surface area contributed by atoms with E-state index in [9.17, 15) is 4.79 Å². The van der Waals surface area contributed by atoms with E-state index in [0.29, 0.717) is 0 Å². The smallest absolute Gasteiger partial charge is 0.153 e. The normalized spacial score (nSPS) is 10.7. The van der Waals surface area contributed by atoms with Crippen LogP contribution in [0.5, 0.6) is 0 Å². The zero-order valence-corrected chi connectivity index (χ0v) is 10.6. The zero-order chi connectivity index (χ0) is 12.0. The average molecular weight is 222 g/mol. The lowest BCUT2D eigenvalue weighted by molar-refractivity contribution is 0.112. The van der Waals surface area contributed by atoms with E-state index in [-0.39, 0.29) is 0 Å². The van der Waals surface area contributed by atoms with Gasteiger partial charge in [0.25, 0.3) is 0 Å². The third-order valence-electron chi connectivity index (χ3n) is 2.94. The average Bonchev–Trinajstić information content (AvgIpc) is 2.66. The summed E-state index contributed by atoms with van der Waals surface area (Å²) >= 11 is 0. The topological polar surface area (TPSA) is 34.9 Å². The number of unbranched alkanes of at least 4 members (excludes halogenated alkanes) is 2. The van der Waals surface area contributed by atoms with E-state index in [1.54, 1.807) is 0 Å². The maximum absolute atomic E-state index is 11.1. The number of aldehydes is 1. The van der Waals surface area contributed by atoms with Gasteiger partial charge in [-0.1, -0.05) is 33.6 Å². The van der Waals surface area contributed by atoms with Crippen molar-refractivity contribution in [1.29, 1.82) is 0 Å². The zero-order valence-electron chi connectivity index (χ0n) is 10.6. The third-order valence-corrected chi connectivity index (χ3v) is 2.94. The molecule has 0 saturated carbocycles. The van der Waals surface area contributed by atoms with Gasteiger partial charge in [-0.05, 0) is 19.3 Å². The molecule has 0 aliphatic rings. The fraction of sp³-hybridized carbons (Fsp3) is 0.692. The fourth-order valence-electron chi connectivity index (χ4n) is 2.03. The van der Waals surface area contributed by atoms with Gasteiger partial charge in [0.15, 0.2) is 6.29 Å². The first kappa shape index (κ1) is 12.9. The Morgan fingerprint density at radius 2 is 1.94 bits per heavy atom. The van der Waals surface area contributed by atoms with E-state index in [1.807, 2.05) is 11.6 Å². The van der Waals surface area contributed by atoms with Gasteiger partial charge >= 0.3 is 0 Å². The van der Waals surface area contributed by atoms with Gasteiger partial charge in [0, 0.05) is 12.2 Å². The first-order valence-corrected chi connectivity index (χ1v) is 6.32. The predicted octanol–water partition coefficient (Wildman–Crippen LogP) is 3.01. The van der Waals surface area contributed by atoms with Crippen molar-refractivity contribution in [3.8, 4) is 0 Å². The van der Waals surface area contributed by atoms with Gasteiger partial charge in [-0.25, -0.2) is 0 Å². The SMILES string of the molecule is CCCCCn1nc(CC)c(C=O)c1CC. The molecule has 0 aliphatic carbocycles. The number of hydrogen-bond donors (Lipinski definition) is 0. The summed E-state index contributed by atoms with van der Waals surface area (Å²) < 4.78 is 2.03. The highest BCUT2D eigenvalue weighted by atomic mass is 16.1. The van der Waals surface area contributed by atoms with E-state index >= 15 is 0 Å². The predicted molar refractivity (Wildman–Crippen MR) is 65.9 cm³/mol. The molecule has 0 amide bonds. The van der Waals surface area contributed by atoms with Crippen LogP contribution < -0.4 is 0 Å². The Hall–Kier alpha value is -1.12. The van der Waals surface area contributed by atoms with E-state index < -0.39 is 0 Å². The fourth-order valence-corrected chi connectivity index (χ4v) is 2.03. The Morgan fingerprint density at radius 1 is 1.19 bits per heavy atom. The van der Waals surface area contributed by atoms with Crippen LogP contribution in [0.1, 0.15) is 61.8 Å². The molecule has 0 N–H and O–H groups in total. The van der Waals surface area contributed by atoms with Crippen LogP contribution in [0.2, 0.25) is 0 Å². The Morgan fingerprint density at radius 3 is 2.44 bits per heavy atom. The second-order valence-corrected chi connectivity index (χ2v) is 4.06. The largest absolute Gasteiger partial charge is 0.298 e. The third kappa shape index (κ3) is 2.71. The first-order valence-electron chi connectivity index (χ1n) is 6.32. The summed E-state index contributed by atoms with van der Waals surface area (Å²) in [4.78, 5) is 11.1. The lowest BCUT2D eigenvalue weighted by Crippen LogP contribution is -2.05. The Bertz CT molecular complexity index is 342. The molecule has 90 valence electrons. The van der Waals surface area contributed by atoms with Crippen molar-refractivity contribution in [2.75, 3.05) is 0 Å². The van der Waals surface area contributed by atoms with Crippen LogP contribution in [0.4, 0.5) is 0 Å². The van der Waals surface area contributed by atoms with Gasteiger partial charge in [0.2, 0.25) is 0 Å². The van der Waals surface area contributed by atoms with Crippen LogP contribution in [0.15, 0.2) is 0 Å². The molecule has 0 spiro atoms. The molecule has 1 aromatic rings. The molecule has 0 radical (unpaired) electrons.